The monoisotopic (exact) mass is 341 g/mol. The lowest BCUT2D eigenvalue weighted by Gasteiger charge is -2.34. The fourth-order valence-electron chi connectivity index (χ4n) is 3.49. The Labute approximate surface area is 148 Å². The quantitative estimate of drug-likeness (QED) is 0.900. The van der Waals surface area contributed by atoms with Crippen LogP contribution in [-0.2, 0) is 11.2 Å². The van der Waals surface area contributed by atoms with E-state index < -0.39 is 6.10 Å². The molecule has 1 N–H and O–H groups in total. The van der Waals surface area contributed by atoms with E-state index in [2.05, 4.69) is 0 Å². The number of nitrogens with zero attached hydrogens (tertiary/aromatic N) is 1. The first kappa shape index (κ1) is 17.6. The number of aryl methyl sites for hydroxylation is 1. The third kappa shape index (κ3) is 4.67. The second kappa shape index (κ2) is 8.26. The fourth-order valence-corrected chi connectivity index (χ4v) is 3.49. The summed E-state index contributed by atoms with van der Waals surface area (Å²) in [6.45, 7) is 1.35. The Morgan fingerprint density at radius 3 is 2.52 bits per heavy atom. The molecule has 132 valence electrons. The predicted molar refractivity (Wildman–Crippen MR) is 95.4 cm³/mol. The number of carbonyl (C=O) groups excluding carboxylic acids is 1. The van der Waals surface area contributed by atoms with E-state index in [1.807, 2.05) is 41.3 Å². The molecule has 0 bridgehead atoms. The zero-order valence-corrected chi connectivity index (χ0v) is 14.3. The standard InChI is InChI=1S/C21H24FNO2/c22-19-8-4-5-16(15-19)9-10-20(24)23-13-11-18(12-14-23)21(25)17-6-2-1-3-7-17/h1-8,15,18,21,25H,9-14H2. The molecular weight excluding hydrogens is 317 g/mol. The second-order valence-electron chi connectivity index (χ2n) is 6.70. The van der Waals surface area contributed by atoms with Crippen molar-refractivity contribution in [3.63, 3.8) is 0 Å². The smallest absolute Gasteiger partial charge is 0.222 e. The summed E-state index contributed by atoms with van der Waals surface area (Å²) in [7, 11) is 0. The first-order chi connectivity index (χ1) is 12.1. The van der Waals surface area contributed by atoms with Crippen molar-refractivity contribution in [3.8, 4) is 0 Å². The Balaban J connectivity index is 1.47. The van der Waals surface area contributed by atoms with Crippen LogP contribution in [0.25, 0.3) is 0 Å². The number of aliphatic hydroxyl groups is 1. The lowest BCUT2D eigenvalue weighted by atomic mass is 9.87. The van der Waals surface area contributed by atoms with E-state index in [0.717, 1.165) is 24.0 Å². The fraction of sp³-hybridized carbons (Fsp3) is 0.381. The van der Waals surface area contributed by atoms with Gasteiger partial charge in [0.25, 0.3) is 0 Å². The van der Waals surface area contributed by atoms with Gasteiger partial charge in [0.15, 0.2) is 0 Å². The molecule has 0 saturated carbocycles. The average Bonchev–Trinajstić information content (AvgIpc) is 2.66. The Hall–Kier alpha value is -2.20. The molecule has 0 radical (unpaired) electrons. The molecule has 3 nitrogen and oxygen atoms in total. The molecule has 1 atom stereocenters. The Morgan fingerprint density at radius 2 is 1.84 bits per heavy atom. The molecule has 0 aliphatic carbocycles. The van der Waals surface area contributed by atoms with Gasteiger partial charge >= 0.3 is 0 Å². The molecule has 1 aliphatic heterocycles. The molecule has 3 rings (SSSR count). The van der Waals surface area contributed by atoms with Crippen molar-refractivity contribution in [2.75, 3.05) is 13.1 Å². The van der Waals surface area contributed by atoms with Gasteiger partial charge in [0.05, 0.1) is 6.10 Å². The summed E-state index contributed by atoms with van der Waals surface area (Å²) >= 11 is 0. The van der Waals surface area contributed by atoms with Gasteiger partial charge in [0, 0.05) is 19.5 Å². The van der Waals surface area contributed by atoms with Crippen LogP contribution in [0, 0.1) is 11.7 Å². The van der Waals surface area contributed by atoms with Crippen LogP contribution in [0.5, 0.6) is 0 Å². The van der Waals surface area contributed by atoms with E-state index in [0.29, 0.717) is 25.9 Å². The molecular formula is C21H24FNO2. The number of hydrogen-bond acceptors (Lipinski definition) is 2. The first-order valence-electron chi connectivity index (χ1n) is 8.89. The maximum atomic E-state index is 13.2. The number of aliphatic hydroxyl groups excluding tert-OH is 1. The van der Waals surface area contributed by atoms with E-state index in [1.54, 1.807) is 6.07 Å². The van der Waals surface area contributed by atoms with Gasteiger partial charge in [-0.2, -0.15) is 0 Å². The number of halogens is 1. The number of hydrogen-bond donors (Lipinski definition) is 1. The molecule has 2 aromatic rings. The summed E-state index contributed by atoms with van der Waals surface area (Å²) in [5.41, 5.74) is 1.79. The van der Waals surface area contributed by atoms with Crippen molar-refractivity contribution in [2.45, 2.75) is 31.8 Å². The van der Waals surface area contributed by atoms with Gasteiger partial charge in [0.2, 0.25) is 5.91 Å². The zero-order chi connectivity index (χ0) is 17.6. The summed E-state index contributed by atoms with van der Waals surface area (Å²) in [6, 6.07) is 16.1. The third-order valence-electron chi connectivity index (χ3n) is 5.00. The number of carbonyl (C=O) groups is 1. The van der Waals surface area contributed by atoms with Crippen LogP contribution in [0.2, 0.25) is 0 Å². The summed E-state index contributed by atoms with van der Waals surface area (Å²) in [4.78, 5) is 14.2. The van der Waals surface area contributed by atoms with Gasteiger partial charge in [-0.05, 0) is 48.4 Å². The van der Waals surface area contributed by atoms with Gasteiger partial charge < -0.3 is 10.0 Å². The SMILES string of the molecule is O=C(CCc1cccc(F)c1)N1CCC(C(O)c2ccccc2)CC1. The molecule has 1 heterocycles. The second-order valence-corrected chi connectivity index (χ2v) is 6.70. The predicted octanol–water partition coefficient (Wildman–Crippen LogP) is 3.73. The van der Waals surface area contributed by atoms with Crippen LogP contribution in [0.1, 0.15) is 36.5 Å². The van der Waals surface area contributed by atoms with Crippen molar-refractivity contribution in [1.82, 2.24) is 4.90 Å². The Kier molecular flexibility index (Phi) is 5.82. The Bertz CT molecular complexity index is 696. The van der Waals surface area contributed by atoms with Crippen molar-refractivity contribution in [1.29, 1.82) is 0 Å². The highest BCUT2D eigenvalue weighted by molar-refractivity contribution is 5.76. The number of piperidine rings is 1. The van der Waals surface area contributed by atoms with Crippen molar-refractivity contribution < 1.29 is 14.3 Å². The van der Waals surface area contributed by atoms with Gasteiger partial charge in [-0.1, -0.05) is 42.5 Å². The van der Waals surface area contributed by atoms with Crippen LogP contribution in [0.15, 0.2) is 54.6 Å². The largest absolute Gasteiger partial charge is 0.388 e. The number of benzene rings is 2. The maximum absolute atomic E-state index is 13.2. The minimum atomic E-state index is -0.467. The minimum Gasteiger partial charge on any atom is -0.388 e. The average molecular weight is 341 g/mol. The van der Waals surface area contributed by atoms with Gasteiger partial charge in [-0.15, -0.1) is 0 Å². The van der Waals surface area contributed by atoms with E-state index in [1.165, 1.54) is 12.1 Å². The summed E-state index contributed by atoms with van der Waals surface area (Å²) in [5, 5.41) is 10.5. The summed E-state index contributed by atoms with van der Waals surface area (Å²) in [5.74, 6) is 0.0345. The van der Waals surface area contributed by atoms with Crippen molar-refractivity contribution in [3.05, 3.63) is 71.5 Å². The molecule has 1 aliphatic rings. The molecule has 0 aromatic heterocycles. The molecule has 4 heteroatoms. The Morgan fingerprint density at radius 1 is 1.12 bits per heavy atom. The van der Waals surface area contributed by atoms with Crippen LogP contribution in [0.4, 0.5) is 4.39 Å². The highest BCUT2D eigenvalue weighted by Gasteiger charge is 2.27. The molecule has 25 heavy (non-hydrogen) atoms. The van der Waals surface area contributed by atoms with Crippen molar-refractivity contribution in [2.24, 2.45) is 5.92 Å². The van der Waals surface area contributed by atoms with E-state index in [9.17, 15) is 14.3 Å². The first-order valence-corrected chi connectivity index (χ1v) is 8.89. The molecule has 0 spiro atoms. The minimum absolute atomic E-state index is 0.108. The highest BCUT2D eigenvalue weighted by Crippen LogP contribution is 2.30. The van der Waals surface area contributed by atoms with Crippen LogP contribution < -0.4 is 0 Å². The number of amides is 1. The summed E-state index contributed by atoms with van der Waals surface area (Å²) < 4.78 is 13.2. The van der Waals surface area contributed by atoms with E-state index in [4.69, 9.17) is 0 Å². The third-order valence-corrected chi connectivity index (χ3v) is 5.00. The van der Waals surface area contributed by atoms with Gasteiger partial charge in [-0.25, -0.2) is 4.39 Å². The number of rotatable bonds is 5. The van der Waals surface area contributed by atoms with E-state index in [-0.39, 0.29) is 17.6 Å². The lowest BCUT2D eigenvalue weighted by Crippen LogP contribution is -2.39. The number of likely N-dealkylation sites (tertiary alicyclic amines) is 1. The van der Waals surface area contributed by atoms with Gasteiger partial charge in [-0.3, -0.25) is 4.79 Å². The molecule has 1 saturated heterocycles. The van der Waals surface area contributed by atoms with Crippen molar-refractivity contribution >= 4 is 5.91 Å². The van der Waals surface area contributed by atoms with Crippen LogP contribution in [0.3, 0.4) is 0 Å². The van der Waals surface area contributed by atoms with Crippen LogP contribution >= 0.6 is 0 Å². The van der Waals surface area contributed by atoms with E-state index >= 15 is 0 Å². The molecule has 1 amide bonds. The topological polar surface area (TPSA) is 40.5 Å². The maximum Gasteiger partial charge on any atom is 0.222 e. The lowest BCUT2D eigenvalue weighted by molar-refractivity contribution is -0.133. The van der Waals surface area contributed by atoms with Crippen LogP contribution in [-0.4, -0.2) is 29.0 Å². The molecule has 2 aromatic carbocycles. The normalized spacial score (nSPS) is 16.6. The molecule has 1 unspecified atom stereocenters. The van der Waals surface area contributed by atoms with Gasteiger partial charge in [0.1, 0.15) is 5.82 Å². The summed E-state index contributed by atoms with van der Waals surface area (Å²) in [6.07, 6.45) is 2.10. The highest BCUT2D eigenvalue weighted by atomic mass is 19.1. The zero-order valence-electron chi connectivity index (χ0n) is 14.3. The molecule has 1 fully saturated rings.